The van der Waals surface area contributed by atoms with Crippen LogP contribution in [-0.2, 0) is 14.3 Å². The Kier molecular flexibility index (Phi) is 7.27. The standard InChI is InChI=1S/C10H17NO4/c1-3-5-6-8(10(13)14)11-9(12)7-15-4-2/h3,5,8H,4,6-7H2,1-2H3,(H,11,12)(H,13,14)/b5-3+. The van der Waals surface area contributed by atoms with Gasteiger partial charge in [0.2, 0.25) is 5.91 Å². The molecule has 1 atom stereocenters. The van der Waals surface area contributed by atoms with E-state index in [1.54, 1.807) is 26.0 Å². The second-order valence-corrected chi connectivity index (χ2v) is 2.90. The molecule has 0 saturated heterocycles. The predicted molar refractivity (Wildman–Crippen MR) is 55.5 cm³/mol. The van der Waals surface area contributed by atoms with Gasteiger partial charge in [-0.3, -0.25) is 4.79 Å². The Balaban J connectivity index is 4.04. The average Bonchev–Trinajstić information content (AvgIpc) is 2.20. The molecule has 0 bridgehead atoms. The Morgan fingerprint density at radius 2 is 2.20 bits per heavy atom. The van der Waals surface area contributed by atoms with Crippen LogP contribution in [0.3, 0.4) is 0 Å². The first kappa shape index (κ1) is 13.6. The minimum atomic E-state index is -1.04. The number of nitrogens with one attached hydrogen (secondary N) is 1. The summed E-state index contributed by atoms with van der Waals surface area (Å²) in [6, 6.07) is -0.880. The second-order valence-electron chi connectivity index (χ2n) is 2.90. The van der Waals surface area contributed by atoms with Gasteiger partial charge in [0, 0.05) is 6.61 Å². The molecule has 0 spiro atoms. The largest absolute Gasteiger partial charge is 0.480 e. The predicted octanol–water partition coefficient (Wildman–Crippen LogP) is 0.558. The van der Waals surface area contributed by atoms with E-state index in [9.17, 15) is 9.59 Å². The molecule has 0 heterocycles. The summed E-state index contributed by atoms with van der Waals surface area (Å²) in [6.45, 7) is 3.89. The molecule has 0 aliphatic carbocycles. The summed E-state index contributed by atoms with van der Waals surface area (Å²) in [5.74, 6) is -1.45. The van der Waals surface area contributed by atoms with Crippen molar-refractivity contribution in [1.29, 1.82) is 0 Å². The van der Waals surface area contributed by atoms with Gasteiger partial charge in [-0.05, 0) is 20.3 Å². The number of hydrogen-bond acceptors (Lipinski definition) is 3. The van der Waals surface area contributed by atoms with Gasteiger partial charge < -0.3 is 15.2 Å². The molecule has 0 radical (unpaired) electrons. The summed E-state index contributed by atoms with van der Waals surface area (Å²) in [6.07, 6.45) is 3.72. The highest BCUT2D eigenvalue weighted by atomic mass is 16.5. The van der Waals surface area contributed by atoms with Gasteiger partial charge >= 0.3 is 5.97 Å². The number of carbonyl (C=O) groups is 2. The highest BCUT2D eigenvalue weighted by molar-refractivity contribution is 5.84. The minimum Gasteiger partial charge on any atom is -0.480 e. The van der Waals surface area contributed by atoms with Gasteiger partial charge in [-0.25, -0.2) is 4.79 Å². The first-order chi connectivity index (χ1) is 7.11. The number of ether oxygens (including phenoxy) is 1. The monoisotopic (exact) mass is 215 g/mol. The van der Waals surface area contributed by atoms with Crippen LogP contribution in [0.25, 0.3) is 0 Å². The summed E-state index contributed by atoms with van der Waals surface area (Å²) in [4.78, 5) is 21.9. The molecule has 5 nitrogen and oxygen atoms in total. The number of carboxylic acids is 1. The van der Waals surface area contributed by atoms with Crippen molar-refractivity contribution >= 4 is 11.9 Å². The number of carbonyl (C=O) groups excluding carboxylic acids is 1. The SMILES string of the molecule is C/C=C/CC(NC(=O)COCC)C(=O)O. The van der Waals surface area contributed by atoms with Crippen molar-refractivity contribution in [2.45, 2.75) is 26.3 Å². The number of hydrogen-bond donors (Lipinski definition) is 2. The van der Waals surface area contributed by atoms with Crippen LogP contribution >= 0.6 is 0 Å². The average molecular weight is 215 g/mol. The van der Waals surface area contributed by atoms with Gasteiger partial charge in [0.15, 0.2) is 0 Å². The van der Waals surface area contributed by atoms with E-state index in [1.165, 1.54) is 0 Å². The van der Waals surface area contributed by atoms with Crippen molar-refractivity contribution in [2.75, 3.05) is 13.2 Å². The second kappa shape index (κ2) is 7.99. The molecule has 1 unspecified atom stereocenters. The minimum absolute atomic E-state index is 0.101. The number of rotatable bonds is 7. The van der Waals surface area contributed by atoms with E-state index in [2.05, 4.69) is 5.32 Å². The maximum Gasteiger partial charge on any atom is 0.326 e. The molecule has 0 rings (SSSR count). The van der Waals surface area contributed by atoms with E-state index >= 15 is 0 Å². The molecular formula is C10H17NO4. The van der Waals surface area contributed by atoms with Gasteiger partial charge in [0.25, 0.3) is 0 Å². The lowest BCUT2D eigenvalue weighted by molar-refractivity contribution is -0.142. The molecule has 0 aromatic rings. The topological polar surface area (TPSA) is 75.6 Å². The number of amides is 1. The molecule has 0 aliphatic heterocycles. The van der Waals surface area contributed by atoms with E-state index in [0.29, 0.717) is 6.61 Å². The van der Waals surface area contributed by atoms with Gasteiger partial charge in [0.05, 0.1) is 0 Å². The fourth-order valence-electron chi connectivity index (χ4n) is 0.924. The summed E-state index contributed by atoms with van der Waals surface area (Å²) >= 11 is 0. The zero-order chi connectivity index (χ0) is 11.7. The van der Waals surface area contributed by atoms with E-state index < -0.39 is 17.9 Å². The Morgan fingerprint density at radius 1 is 1.53 bits per heavy atom. The third-order valence-electron chi connectivity index (χ3n) is 1.68. The van der Waals surface area contributed by atoms with Crippen LogP contribution in [0.2, 0.25) is 0 Å². The van der Waals surface area contributed by atoms with E-state index in [0.717, 1.165) is 0 Å². The third kappa shape index (κ3) is 6.68. The van der Waals surface area contributed by atoms with Gasteiger partial charge in [0.1, 0.15) is 12.6 Å². The van der Waals surface area contributed by atoms with Crippen LogP contribution in [0.4, 0.5) is 0 Å². The fraction of sp³-hybridized carbons (Fsp3) is 0.600. The van der Waals surface area contributed by atoms with E-state index in [4.69, 9.17) is 9.84 Å². The zero-order valence-electron chi connectivity index (χ0n) is 9.03. The van der Waals surface area contributed by atoms with E-state index in [-0.39, 0.29) is 13.0 Å². The molecule has 1 amide bonds. The van der Waals surface area contributed by atoms with Crippen molar-refractivity contribution in [3.05, 3.63) is 12.2 Å². The van der Waals surface area contributed by atoms with Crippen molar-refractivity contribution in [1.82, 2.24) is 5.32 Å². The zero-order valence-corrected chi connectivity index (χ0v) is 9.03. The molecule has 2 N–H and O–H groups in total. The molecule has 0 aliphatic rings. The van der Waals surface area contributed by atoms with Crippen LogP contribution in [0.5, 0.6) is 0 Å². The lowest BCUT2D eigenvalue weighted by atomic mass is 10.2. The molecule has 5 heteroatoms. The van der Waals surface area contributed by atoms with Crippen LogP contribution in [0.1, 0.15) is 20.3 Å². The highest BCUT2D eigenvalue weighted by Crippen LogP contribution is 1.94. The first-order valence-corrected chi connectivity index (χ1v) is 4.82. The van der Waals surface area contributed by atoms with Crippen LogP contribution in [0.15, 0.2) is 12.2 Å². The summed E-state index contributed by atoms with van der Waals surface area (Å²) in [5, 5.41) is 11.2. The van der Waals surface area contributed by atoms with Crippen molar-refractivity contribution in [2.24, 2.45) is 0 Å². The molecule has 0 fully saturated rings. The van der Waals surface area contributed by atoms with E-state index in [1.807, 2.05) is 0 Å². The van der Waals surface area contributed by atoms with Crippen LogP contribution in [-0.4, -0.2) is 36.2 Å². The number of carboxylic acid groups (broad SMARTS) is 1. The van der Waals surface area contributed by atoms with Crippen LogP contribution in [0, 0.1) is 0 Å². The lowest BCUT2D eigenvalue weighted by Crippen LogP contribution is -2.42. The first-order valence-electron chi connectivity index (χ1n) is 4.82. The van der Waals surface area contributed by atoms with Crippen molar-refractivity contribution in [3.8, 4) is 0 Å². The normalized spacial score (nSPS) is 12.7. The smallest absolute Gasteiger partial charge is 0.326 e. The highest BCUT2D eigenvalue weighted by Gasteiger charge is 2.17. The Labute approximate surface area is 89.1 Å². The number of allylic oxidation sites excluding steroid dienone is 1. The van der Waals surface area contributed by atoms with Crippen molar-refractivity contribution < 1.29 is 19.4 Å². The Hall–Kier alpha value is -1.36. The Bertz CT molecular complexity index is 238. The Morgan fingerprint density at radius 3 is 2.67 bits per heavy atom. The number of aliphatic carboxylic acids is 1. The van der Waals surface area contributed by atoms with Crippen LogP contribution < -0.4 is 5.32 Å². The quantitative estimate of drug-likeness (QED) is 0.608. The van der Waals surface area contributed by atoms with Gasteiger partial charge in [-0.1, -0.05) is 12.2 Å². The van der Waals surface area contributed by atoms with Gasteiger partial charge in [-0.15, -0.1) is 0 Å². The third-order valence-corrected chi connectivity index (χ3v) is 1.68. The maximum absolute atomic E-state index is 11.2. The molecule has 0 saturated carbocycles. The van der Waals surface area contributed by atoms with Gasteiger partial charge in [-0.2, -0.15) is 0 Å². The molecule has 86 valence electrons. The summed E-state index contributed by atoms with van der Waals surface area (Å²) in [5.41, 5.74) is 0. The fourth-order valence-corrected chi connectivity index (χ4v) is 0.924. The summed E-state index contributed by atoms with van der Waals surface area (Å²) < 4.78 is 4.86. The maximum atomic E-state index is 11.2. The summed E-state index contributed by atoms with van der Waals surface area (Å²) in [7, 11) is 0. The molecule has 15 heavy (non-hydrogen) atoms. The molecule has 0 aromatic heterocycles. The molecule has 0 aromatic carbocycles. The molecular weight excluding hydrogens is 198 g/mol. The lowest BCUT2D eigenvalue weighted by Gasteiger charge is -2.12. The van der Waals surface area contributed by atoms with Crippen molar-refractivity contribution in [3.63, 3.8) is 0 Å².